The highest BCUT2D eigenvalue weighted by Crippen LogP contribution is 2.34. The molecule has 1 aromatic carbocycles. The molecule has 2 aromatic rings. The number of urea groups is 1. The number of rotatable bonds is 6. The third-order valence-electron chi connectivity index (χ3n) is 3.51. The number of anilines is 1. The Morgan fingerprint density at radius 3 is 2.78 bits per heavy atom. The molecule has 1 atom stereocenters. The number of aromatic nitrogens is 1. The molecule has 1 heterocycles. The first-order chi connectivity index (χ1) is 11.0. The van der Waals surface area contributed by atoms with Gasteiger partial charge in [-0.2, -0.15) is 0 Å². The Morgan fingerprint density at radius 2 is 2.17 bits per heavy atom. The summed E-state index contributed by atoms with van der Waals surface area (Å²) in [6.07, 6.45) is 1.74. The van der Waals surface area contributed by atoms with Crippen molar-refractivity contribution in [1.29, 1.82) is 0 Å². The van der Waals surface area contributed by atoms with E-state index in [9.17, 15) is 9.18 Å². The maximum atomic E-state index is 13.1. The van der Waals surface area contributed by atoms with Crippen molar-refractivity contribution in [2.75, 3.05) is 18.5 Å². The number of benzene rings is 1. The van der Waals surface area contributed by atoms with Gasteiger partial charge < -0.3 is 10.4 Å². The number of carbonyl (C=O) groups excluding carboxylic acids is 1. The fraction of sp³-hybridized carbons (Fsp3) is 0.250. The summed E-state index contributed by atoms with van der Waals surface area (Å²) in [6.45, 7) is 5.83. The van der Waals surface area contributed by atoms with E-state index < -0.39 is 11.4 Å². The summed E-state index contributed by atoms with van der Waals surface area (Å²) in [5, 5.41) is 16.0. The molecule has 2 rings (SSSR count). The summed E-state index contributed by atoms with van der Waals surface area (Å²) in [5.74, 6) is -0.304. The second kappa shape index (κ2) is 7.34. The van der Waals surface area contributed by atoms with Crippen molar-refractivity contribution in [3.8, 4) is 0 Å². The van der Waals surface area contributed by atoms with Gasteiger partial charge in [0.15, 0.2) is 5.13 Å². The number of carbonyl (C=O) groups is 1. The maximum Gasteiger partial charge on any atom is 0.321 e. The molecule has 23 heavy (non-hydrogen) atoms. The largest absolute Gasteiger partial charge is 0.395 e. The molecule has 0 radical (unpaired) electrons. The number of hydrogen-bond acceptors (Lipinski definition) is 4. The number of amides is 2. The first-order valence-electron chi connectivity index (χ1n) is 7.01. The van der Waals surface area contributed by atoms with Gasteiger partial charge in [0.05, 0.1) is 17.7 Å². The summed E-state index contributed by atoms with van der Waals surface area (Å²) in [6, 6.07) is 5.74. The molecule has 0 saturated carbocycles. The van der Waals surface area contributed by atoms with Crippen LogP contribution in [0.4, 0.5) is 14.3 Å². The lowest BCUT2D eigenvalue weighted by Crippen LogP contribution is -2.31. The highest BCUT2D eigenvalue weighted by Gasteiger charge is 2.28. The van der Waals surface area contributed by atoms with E-state index >= 15 is 0 Å². The fourth-order valence-corrected chi connectivity index (χ4v) is 2.87. The van der Waals surface area contributed by atoms with Gasteiger partial charge in [0.25, 0.3) is 0 Å². The van der Waals surface area contributed by atoms with Gasteiger partial charge in [-0.15, -0.1) is 17.9 Å². The minimum atomic E-state index is -0.592. The average molecular weight is 335 g/mol. The summed E-state index contributed by atoms with van der Waals surface area (Å²) < 4.78 is 13.1. The smallest absolute Gasteiger partial charge is 0.321 e. The molecular weight excluding hydrogens is 317 g/mol. The van der Waals surface area contributed by atoms with E-state index in [4.69, 9.17) is 5.11 Å². The number of aliphatic hydroxyl groups is 1. The normalized spacial score (nSPS) is 13.2. The standard InChI is InChI=1S/C16H18FN3O2S/c1-3-16(2,11-4-6-12(17)7-5-11)13-10-23-15(19-13)20-14(22)18-8-9-21/h3-7,10,21H,1,8-9H2,2H3,(H2,18,19,20,22)/t16-/m1/s1. The van der Waals surface area contributed by atoms with E-state index in [-0.39, 0.29) is 19.0 Å². The Balaban J connectivity index is 2.21. The number of halogens is 1. The number of aliphatic hydroxyl groups excluding tert-OH is 1. The molecule has 0 aliphatic carbocycles. The number of hydrogen-bond donors (Lipinski definition) is 3. The molecule has 0 bridgehead atoms. The lowest BCUT2D eigenvalue weighted by atomic mass is 9.80. The van der Waals surface area contributed by atoms with E-state index in [1.165, 1.54) is 23.5 Å². The van der Waals surface area contributed by atoms with E-state index in [0.29, 0.717) is 10.8 Å². The molecule has 0 aliphatic rings. The minimum absolute atomic E-state index is 0.129. The van der Waals surface area contributed by atoms with Crippen LogP contribution in [0.3, 0.4) is 0 Å². The Hall–Kier alpha value is -2.25. The van der Waals surface area contributed by atoms with Crippen LogP contribution in [0.2, 0.25) is 0 Å². The molecule has 3 N–H and O–H groups in total. The van der Waals surface area contributed by atoms with Gasteiger partial charge in [-0.3, -0.25) is 5.32 Å². The lowest BCUT2D eigenvalue weighted by molar-refractivity contribution is 0.245. The zero-order valence-electron chi connectivity index (χ0n) is 12.7. The predicted molar refractivity (Wildman–Crippen MR) is 89.3 cm³/mol. The van der Waals surface area contributed by atoms with Crippen LogP contribution in [0, 0.1) is 5.82 Å². The van der Waals surface area contributed by atoms with Crippen LogP contribution >= 0.6 is 11.3 Å². The Labute approximate surface area is 137 Å². The van der Waals surface area contributed by atoms with E-state index in [1.807, 2.05) is 12.3 Å². The van der Waals surface area contributed by atoms with Gasteiger partial charge in [-0.05, 0) is 24.6 Å². The number of nitrogens with one attached hydrogen (secondary N) is 2. The molecule has 2 amide bonds. The lowest BCUT2D eigenvalue weighted by Gasteiger charge is -2.24. The summed E-state index contributed by atoms with van der Waals surface area (Å²) >= 11 is 1.28. The summed E-state index contributed by atoms with van der Waals surface area (Å²) in [5.41, 5.74) is 0.975. The number of allylic oxidation sites excluding steroid dienone is 1. The predicted octanol–water partition coefficient (Wildman–Crippen LogP) is 2.89. The second-order valence-electron chi connectivity index (χ2n) is 5.06. The molecule has 0 saturated heterocycles. The quantitative estimate of drug-likeness (QED) is 0.711. The highest BCUT2D eigenvalue weighted by molar-refractivity contribution is 7.13. The minimum Gasteiger partial charge on any atom is -0.395 e. The molecule has 0 fully saturated rings. The summed E-state index contributed by atoms with van der Waals surface area (Å²) in [4.78, 5) is 16.0. The molecular formula is C16H18FN3O2S. The van der Waals surface area contributed by atoms with Crippen LogP contribution in [-0.2, 0) is 5.41 Å². The van der Waals surface area contributed by atoms with Crippen molar-refractivity contribution in [1.82, 2.24) is 10.3 Å². The number of nitrogens with zero attached hydrogens (tertiary/aromatic N) is 1. The van der Waals surface area contributed by atoms with Gasteiger partial charge in [-0.1, -0.05) is 18.2 Å². The monoisotopic (exact) mass is 335 g/mol. The van der Waals surface area contributed by atoms with E-state index in [2.05, 4.69) is 22.2 Å². The maximum absolute atomic E-state index is 13.1. The molecule has 5 nitrogen and oxygen atoms in total. The van der Waals surface area contributed by atoms with E-state index in [1.54, 1.807) is 18.2 Å². The zero-order chi connectivity index (χ0) is 16.9. The first-order valence-corrected chi connectivity index (χ1v) is 7.89. The molecule has 1 aromatic heterocycles. The molecule has 7 heteroatoms. The average Bonchev–Trinajstić information content (AvgIpc) is 3.01. The Kier molecular flexibility index (Phi) is 5.46. The second-order valence-corrected chi connectivity index (χ2v) is 5.91. The van der Waals surface area contributed by atoms with Crippen molar-refractivity contribution in [3.63, 3.8) is 0 Å². The van der Waals surface area contributed by atoms with E-state index in [0.717, 1.165) is 5.56 Å². The Morgan fingerprint density at radius 1 is 1.48 bits per heavy atom. The van der Waals surface area contributed by atoms with Gasteiger partial charge in [0.1, 0.15) is 5.82 Å². The number of thiazole rings is 1. The SMILES string of the molecule is C=C[C@](C)(c1ccc(F)cc1)c1csc(NC(=O)NCCO)n1. The Bertz CT molecular complexity index is 687. The first kappa shape index (κ1) is 17.1. The molecule has 0 aliphatic heterocycles. The van der Waals surface area contributed by atoms with Crippen LogP contribution in [0.25, 0.3) is 0 Å². The van der Waals surface area contributed by atoms with Crippen molar-refractivity contribution in [2.24, 2.45) is 0 Å². The van der Waals surface area contributed by atoms with Crippen LogP contribution in [0.15, 0.2) is 42.3 Å². The highest BCUT2D eigenvalue weighted by atomic mass is 32.1. The molecule has 0 unspecified atom stereocenters. The van der Waals surface area contributed by atoms with Gasteiger partial charge in [0, 0.05) is 11.9 Å². The third-order valence-corrected chi connectivity index (χ3v) is 4.26. The molecule has 122 valence electrons. The van der Waals surface area contributed by atoms with Crippen LogP contribution in [0.5, 0.6) is 0 Å². The van der Waals surface area contributed by atoms with Crippen LogP contribution in [-0.4, -0.2) is 29.3 Å². The van der Waals surface area contributed by atoms with Crippen molar-refractivity contribution in [2.45, 2.75) is 12.3 Å². The van der Waals surface area contributed by atoms with Gasteiger partial charge in [0.2, 0.25) is 0 Å². The van der Waals surface area contributed by atoms with Gasteiger partial charge in [-0.25, -0.2) is 14.2 Å². The zero-order valence-corrected chi connectivity index (χ0v) is 13.5. The summed E-state index contributed by atoms with van der Waals surface area (Å²) in [7, 11) is 0. The van der Waals surface area contributed by atoms with Crippen molar-refractivity contribution in [3.05, 3.63) is 59.4 Å². The topological polar surface area (TPSA) is 74.2 Å². The molecule has 0 spiro atoms. The van der Waals surface area contributed by atoms with Crippen molar-refractivity contribution >= 4 is 22.5 Å². The van der Waals surface area contributed by atoms with Gasteiger partial charge >= 0.3 is 6.03 Å². The van der Waals surface area contributed by atoms with Crippen LogP contribution in [0.1, 0.15) is 18.2 Å². The third kappa shape index (κ3) is 3.94. The van der Waals surface area contributed by atoms with Crippen molar-refractivity contribution < 1.29 is 14.3 Å². The fourth-order valence-electron chi connectivity index (χ4n) is 2.05. The van der Waals surface area contributed by atoms with Crippen LogP contribution < -0.4 is 10.6 Å².